The molecule has 3 rings (SSSR count). The van der Waals surface area contributed by atoms with Crippen LogP contribution in [0.1, 0.15) is 137 Å². The van der Waals surface area contributed by atoms with Crippen LogP contribution in [0.25, 0.3) is 0 Å². The molecule has 0 spiro atoms. The van der Waals surface area contributed by atoms with E-state index in [1.165, 1.54) is 20.8 Å². The standard InChI is InChI=1S/C65H117N9O26/c1-40(2)65(37-93-30-18-51(84)69-24-12-21-66-48(81)15-6-9-27-96-45-33-44(34-75)57(87)60(90)54(45)72-41(3)78,38-94-31-19-52(85)70-25-13-22-67-49(82)16-7-10-28-97-63-55(73-42(4)79)61(91)58(88)46(35-76)99-63)39-95-32-20-53(86)71-26-14-23-68-50(83)17-8-11-29-98-64-56(74-43(5)80)62(92)59(89)47(36-77)100-64/h40,44-47,54-64,75-77,87-92H,6-39H2,1-5H3,(H,66,81)(H,67,82)(H,68,83)(H,69,84)(H,70,85)(H,71,86)(H,72,78)(H,73,79)(H,74,80). The molecule has 3 fully saturated rings. The number of nitrogens with one attached hydrogen (secondary N) is 9. The molecule has 1 aliphatic carbocycles. The summed E-state index contributed by atoms with van der Waals surface area (Å²) in [5, 5.41) is 115. The summed E-state index contributed by atoms with van der Waals surface area (Å²) in [6, 6.07) is -2.99. The predicted molar refractivity (Wildman–Crippen MR) is 354 cm³/mol. The van der Waals surface area contributed by atoms with Gasteiger partial charge < -0.3 is 132 Å². The zero-order chi connectivity index (χ0) is 74.0. The zero-order valence-corrected chi connectivity index (χ0v) is 58.7. The lowest BCUT2D eigenvalue weighted by Gasteiger charge is -2.42. The molecule has 1 saturated carbocycles. The van der Waals surface area contributed by atoms with Crippen LogP contribution in [0, 0.1) is 17.3 Å². The van der Waals surface area contributed by atoms with Gasteiger partial charge in [-0.3, -0.25) is 43.2 Å². The first-order valence-corrected chi connectivity index (χ1v) is 35.0. The Kier molecular flexibility index (Phi) is 44.4. The highest BCUT2D eigenvalue weighted by atomic mass is 16.7. The average Bonchev–Trinajstić information content (AvgIpc) is 0.839. The fourth-order valence-electron chi connectivity index (χ4n) is 11.2. The maximum atomic E-state index is 12.8. The van der Waals surface area contributed by atoms with Crippen molar-refractivity contribution in [2.24, 2.45) is 17.3 Å². The molecule has 15 unspecified atom stereocenters. The molecule has 0 radical (unpaired) electrons. The molecule has 2 heterocycles. The number of aliphatic hydroxyl groups is 9. The number of rotatable bonds is 52. The normalized spacial score (nSPS) is 25.8. The van der Waals surface area contributed by atoms with Crippen LogP contribution in [-0.4, -0.2) is 303 Å². The number of amides is 9. The van der Waals surface area contributed by atoms with Crippen LogP contribution in [0.3, 0.4) is 0 Å². The first-order valence-electron chi connectivity index (χ1n) is 35.0. The van der Waals surface area contributed by atoms with Crippen LogP contribution in [0.15, 0.2) is 0 Å². The van der Waals surface area contributed by atoms with Crippen LogP contribution in [-0.2, 0) is 81.0 Å². The summed E-state index contributed by atoms with van der Waals surface area (Å²) in [5.74, 6) is -3.53. The van der Waals surface area contributed by atoms with Gasteiger partial charge in [0.2, 0.25) is 53.2 Å². The van der Waals surface area contributed by atoms with Crippen LogP contribution in [0.4, 0.5) is 0 Å². The van der Waals surface area contributed by atoms with E-state index < -0.39 is 128 Å². The summed E-state index contributed by atoms with van der Waals surface area (Å²) >= 11 is 0. The minimum Gasteiger partial charge on any atom is -0.396 e. The van der Waals surface area contributed by atoms with Gasteiger partial charge >= 0.3 is 0 Å². The van der Waals surface area contributed by atoms with Gasteiger partial charge in [-0.1, -0.05) is 13.8 Å². The molecule has 35 heteroatoms. The third-order valence-corrected chi connectivity index (χ3v) is 17.3. The van der Waals surface area contributed by atoms with Crippen LogP contribution in [0.5, 0.6) is 0 Å². The Morgan fingerprint density at radius 1 is 0.390 bits per heavy atom. The quantitative estimate of drug-likeness (QED) is 0.0253. The van der Waals surface area contributed by atoms with Crippen molar-refractivity contribution < 1.29 is 127 Å². The lowest BCUT2D eigenvalue weighted by Crippen LogP contribution is -2.64. The van der Waals surface area contributed by atoms with Gasteiger partial charge in [-0.05, 0) is 70.1 Å². The first-order chi connectivity index (χ1) is 47.8. The molecule has 0 aromatic heterocycles. The molecule has 578 valence electrons. The second kappa shape index (κ2) is 50.0. The van der Waals surface area contributed by atoms with E-state index in [9.17, 15) is 89.1 Å². The van der Waals surface area contributed by atoms with Crippen molar-refractivity contribution in [3.8, 4) is 0 Å². The second-order valence-electron chi connectivity index (χ2n) is 25.9. The number of aliphatic hydroxyl groups excluding tert-OH is 9. The third kappa shape index (κ3) is 34.2. The molecule has 15 atom stereocenters. The summed E-state index contributed by atoms with van der Waals surface area (Å²) in [7, 11) is 0. The Morgan fingerprint density at radius 2 is 0.700 bits per heavy atom. The largest absolute Gasteiger partial charge is 0.396 e. The molecule has 100 heavy (non-hydrogen) atoms. The van der Waals surface area contributed by atoms with Crippen molar-refractivity contribution in [2.45, 2.75) is 223 Å². The van der Waals surface area contributed by atoms with Gasteiger partial charge in [-0.15, -0.1) is 0 Å². The fourth-order valence-corrected chi connectivity index (χ4v) is 11.2. The van der Waals surface area contributed by atoms with E-state index in [1.807, 2.05) is 13.8 Å². The van der Waals surface area contributed by atoms with E-state index in [2.05, 4.69) is 47.9 Å². The van der Waals surface area contributed by atoms with Gasteiger partial charge in [0.05, 0.1) is 71.1 Å². The maximum absolute atomic E-state index is 12.8. The topological polar surface area (TPSA) is 518 Å². The van der Waals surface area contributed by atoms with Crippen LogP contribution >= 0.6 is 0 Å². The number of unbranched alkanes of at least 4 members (excludes halogenated alkanes) is 3. The lowest BCUT2D eigenvalue weighted by atomic mass is 9.79. The van der Waals surface area contributed by atoms with E-state index in [1.54, 1.807) is 0 Å². The summed E-state index contributed by atoms with van der Waals surface area (Å²) in [6.07, 6.45) is -8.45. The molecule has 0 bridgehead atoms. The summed E-state index contributed by atoms with van der Waals surface area (Å²) in [5.41, 5.74) is -0.785. The van der Waals surface area contributed by atoms with Gasteiger partial charge in [0, 0.05) is 136 Å². The highest BCUT2D eigenvalue weighted by molar-refractivity contribution is 5.78. The predicted octanol–water partition coefficient (Wildman–Crippen LogP) is -5.23. The number of ether oxygens (including phenoxy) is 8. The average molecular weight is 1440 g/mol. The molecule has 0 aromatic carbocycles. The van der Waals surface area contributed by atoms with Gasteiger partial charge in [-0.25, -0.2) is 0 Å². The van der Waals surface area contributed by atoms with E-state index in [0.717, 1.165) is 0 Å². The molecule has 35 nitrogen and oxygen atoms in total. The van der Waals surface area contributed by atoms with Crippen LogP contribution < -0.4 is 47.9 Å². The highest BCUT2D eigenvalue weighted by Crippen LogP contribution is 2.31. The Labute approximate surface area is 585 Å². The summed E-state index contributed by atoms with van der Waals surface area (Å²) < 4.78 is 46.7. The molecule has 2 aliphatic heterocycles. The summed E-state index contributed by atoms with van der Waals surface area (Å²) in [4.78, 5) is 111. The van der Waals surface area contributed by atoms with E-state index in [-0.39, 0.29) is 165 Å². The molecule has 18 N–H and O–H groups in total. The van der Waals surface area contributed by atoms with Crippen LogP contribution in [0.2, 0.25) is 0 Å². The van der Waals surface area contributed by atoms with Crippen molar-refractivity contribution in [3.05, 3.63) is 0 Å². The van der Waals surface area contributed by atoms with E-state index in [0.29, 0.717) is 84.0 Å². The molecule has 3 aliphatic rings. The lowest BCUT2D eigenvalue weighted by molar-refractivity contribution is -0.270. The fraction of sp³-hybridized carbons (Fsp3) is 0.862. The minimum atomic E-state index is -1.44. The van der Waals surface area contributed by atoms with Crippen molar-refractivity contribution in [3.63, 3.8) is 0 Å². The first kappa shape index (κ1) is 88.8. The van der Waals surface area contributed by atoms with Crippen molar-refractivity contribution >= 4 is 53.2 Å². The molecular weight excluding hydrogens is 1320 g/mol. The zero-order valence-electron chi connectivity index (χ0n) is 58.7. The SMILES string of the molecule is CC(=O)NC1C(OCCCCC(=O)NCCCNC(=O)CCOCC(COCCC(=O)NCCCNC(=O)CCCCOC2OC(CO)C(O)C(O)C2NC(C)=O)(COCCC(=O)NCCCNC(=O)CCCCOC2OC(CO)C(O)C(O)C2NC(C)=O)C(C)C)CC(CO)C(O)C1O. The smallest absolute Gasteiger partial charge is 0.222 e. The van der Waals surface area contributed by atoms with Gasteiger partial charge in [-0.2, -0.15) is 0 Å². The third-order valence-electron chi connectivity index (χ3n) is 17.3. The number of carbonyl (C=O) groups excluding carboxylic acids is 9. The maximum Gasteiger partial charge on any atom is 0.222 e. The number of hydrogen-bond donors (Lipinski definition) is 18. The van der Waals surface area contributed by atoms with Crippen molar-refractivity contribution in [1.82, 2.24) is 47.9 Å². The van der Waals surface area contributed by atoms with Gasteiger partial charge in [0.15, 0.2) is 12.6 Å². The van der Waals surface area contributed by atoms with Crippen molar-refractivity contribution in [1.29, 1.82) is 0 Å². The molecular formula is C65H117N9O26. The highest BCUT2D eigenvalue weighted by Gasteiger charge is 2.48. The number of hydrogen-bond acceptors (Lipinski definition) is 26. The Bertz CT molecular complexity index is 2160. The summed E-state index contributed by atoms with van der Waals surface area (Å²) in [6.45, 7) is 8.79. The molecule has 9 amide bonds. The Morgan fingerprint density at radius 3 is 1.01 bits per heavy atom. The van der Waals surface area contributed by atoms with Gasteiger partial charge in [0.1, 0.15) is 54.8 Å². The van der Waals surface area contributed by atoms with E-state index in [4.69, 9.17) is 37.9 Å². The minimum absolute atomic E-state index is 0.0203. The molecule has 2 saturated heterocycles. The number of carbonyl (C=O) groups is 9. The Balaban J connectivity index is 1.38. The van der Waals surface area contributed by atoms with Crippen molar-refractivity contribution in [2.75, 3.05) is 119 Å². The second-order valence-corrected chi connectivity index (χ2v) is 25.9. The van der Waals surface area contributed by atoms with Gasteiger partial charge in [0.25, 0.3) is 0 Å². The monoisotopic (exact) mass is 1440 g/mol. The van der Waals surface area contributed by atoms with E-state index >= 15 is 0 Å². The molecule has 0 aromatic rings. The Hall–Kier alpha value is -5.45.